The number of hydrogen-bond donors (Lipinski definition) is 2. The van der Waals surface area contributed by atoms with Gasteiger partial charge in [0.25, 0.3) is 0 Å². The van der Waals surface area contributed by atoms with Gasteiger partial charge in [-0.3, -0.25) is 4.79 Å². The van der Waals surface area contributed by atoms with Crippen molar-refractivity contribution in [3.05, 3.63) is 71.8 Å². The van der Waals surface area contributed by atoms with E-state index in [1.807, 2.05) is 60.7 Å². The number of benzene rings is 2. The average Bonchev–Trinajstić information content (AvgIpc) is 3.39. The van der Waals surface area contributed by atoms with Crippen molar-refractivity contribution in [1.82, 2.24) is 5.32 Å². The van der Waals surface area contributed by atoms with Gasteiger partial charge in [-0.05, 0) is 29.9 Å². The van der Waals surface area contributed by atoms with Gasteiger partial charge >= 0.3 is 0 Å². The lowest BCUT2D eigenvalue weighted by Crippen LogP contribution is -2.35. The van der Waals surface area contributed by atoms with Crippen LogP contribution in [0.4, 0.5) is 0 Å². The van der Waals surface area contributed by atoms with Crippen molar-refractivity contribution >= 4 is 5.91 Å². The van der Waals surface area contributed by atoms with Crippen molar-refractivity contribution in [1.29, 1.82) is 0 Å². The highest BCUT2D eigenvalue weighted by molar-refractivity contribution is 5.84. The first-order valence-corrected chi connectivity index (χ1v) is 7.80. The summed E-state index contributed by atoms with van der Waals surface area (Å²) in [5.74, 6) is 0.327. The molecule has 0 bridgehead atoms. The van der Waals surface area contributed by atoms with Crippen molar-refractivity contribution in [2.45, 2.75) is 24.8 Å². The molecule has 1 saturated carbocycles. The van der Waals surface area contributed by atoms with E-state index in [0.717, 1.165) is 24.0 Å². The van der Waals surface area contributed by atoms with E-state index in [9.17, 15) is 9.90 Å². The minimum atomic E-state index is -0.348. The predicted molar refractivity (Wildman–Crippen MR) is 86.3 cm³/mol. The van der Waals surface area contributed by atoms with Crippen LogP contribution in [-0.4, -0.2) is 17.6 Å². The number of hydrogen-bond acceptors (Lipinski definition) is 2. The molecule has 0 radical (unpaired) electrons. The third-order valence-corrected chi connectivity index (χ3v) is 4.24. The topological polar surface area (TPSA) is 49.3 Å². The first-order valence-electron chi connectivity index (χ1n) is 7.80. The van der Waals surface area contributed by atoms with E-state index in [4.69, 9.17) is 0 Å². The van der Waals surface area contributed by atoms with Gasteiger partial charge < -0.3 is 10.4 Å². The van der Waals surface area contributed by atoms with Crippen LogP contribution in [0.5, 0.6) is 0 Å². The van der Waals surface area contributed by atoms with Crippen molar-refractivity contribution in [2.75, 3.05) is 6.61 Å². The van der Waals surface area contributed by atoms with Crippen LogP contribution in [0.25, 0.3) is 0 Å². The number of amides is 1. The number of aliphatic hydroxyl groups is 1. The highest BCUT2D eigenvalue weighted by Crippen LogP contribution is 2.43. The van der Waals surface area contributed by atoms with Gasteiger partial charge in [0.2, 0.25) is 5.91 Å². The summed E-state index contributed by atoms with van der Waals surface area (Å²) in [6, 6.07) is 19.2. The van der Waals surface area contributed by atoms with E-state index in [1.54, 1.807) is 0 Å². The van der Waals surface area contributed by atoms with Crippen LogP contribution in [0, 0.1) is 5.92 Å². The van der Waals surface area contributed by atoms with Gasteiger partial charge in [0, 0.05) is 0 Å². The van der Waals surface area contributed by atoms with E-state index in [1.165, 1.54) is 0 Å². The molecular weight excluding hydrogens is 274 g/mol. The van der Waals surface area contributed by atoms with Crippen LogP contribution >= 0.6 is 0 Å². The quantitative estimate of drug-likeness (QED) is 0.860. The number of rotatable bonds is 6. The molecule has 1 aliphatic rings. The van der Waals surface area contributed by atoms with Crippen LogP contribution in [0.1, 0.15) is 35.9 Å². The summed E-state index contributed by atoms with van der Waals surface area (Å²) in [7, 11) is 0. The van der Waals surface area contributed by atoms with Crippen molar-refractivity contribution < 1.29 is 9.90 Å². The van der Waals surface area contributed by atoms with Gasteiger partial charge in [0.05, 0.1) is 18.6 Å². The van der Waals surface area contributed by atoms with Crippen molar-refractivity contribution in [3.8, 4) is 0 Å². The third-order valence-electron chi connectivity index (χ3n) is 4.24. The van der Waals surface area contributed by atoms with Crippen LogP contribution in [0.2, 0.25) is 0 Å². The largest absolute Gasteiger partial charge is 0.394 e. The van der Waals surface area contributed by atoms with Gasteiger partial charge in [-0.2, -0.15) is 0 Å². The number of aliphatic hydroxyl groups excluding tert-OH is 1. The fourth-order valence-electron chi connectivity index (χ4n) is 2.91. The summed E-state index contributed by atoms with van der Waals surface area (Å²) >= 11 is 0. The van der Waals surface area contributed by atoms with Gasteiger partial charge in [0.1, 0.15) is 0 Å². The summed E-state index contributed by atoms with van der Waals surface area (Å²) in [4.78, 5) is 12.7. The summed E-state index contributed by atoms with van der Waals surface area (Å²) < 4.78 is 0. The SMILES string of the molecule is O=C(N[C@H](CO)c1ccccc1)C(c1ccccc1)C1CC1. The van der Waals surface area contributed by atoms with Crippen LogP contribution in [0.3, 0.4) is 0 Å². The zero-order valence-corrected chi connectivity index (χ0v) is 12.5. The Morgan fingerprint density at radius 1 is 1.00 bits per heavy atom. The Balaban J connectivity index is 1.76. The number of nitrogens with one attached hydrogen (secondary N) is 1. The minimum absolute atomic E-state index is 0.0107. The fraction of sp³-hybridized carbons (Fsp3) is 0.316. The maximum absolute atomic E-state index is 12.7. The Kier molecular flexibility index (Phi) is 4.54. The number of carbonyl (C=O) groups is 1. The smallest absolute Gasteiger partial charge is 0.228 e. The van der Waals surface area contributed by atoms with E-state index in [0.29, 0.717) is 5.92 Å². The van der Waals surface area contributed by atoms with E-state index in [-0.39, 0.29) is 24.5 Å². The fourth-order valence-corrected chi connectivity index (χ4v) is 2.91. The van der Waals surface area contributed by atoms with Crippen LogP contribution in [0.15, 0.2) is 60.7 Å². The monoisotopic (exact) mass is 295 g/mol. The summed E-state index contributed by atoms with van der Waals surface area (Å²) in [5.41, 5.74) is 1.99. The molecule has 2 N–H and O–H groups in total. The van der Waals surface area contributed by atoms with Gasteiger partial charge in [-0.25, -0.2) is 0 Å². The molecule has 0 saturated heterocycles. The molecule has 22 heavy (non-hydrogen) atoms. The lowest BCUT2D eigenvalue weighted by Gasteiger charge is -2.22. The number of carbonyl (C=O) groups excluding carboxylic acids is 1. The highest BCUT2D eigenvalue weighted by atomic mass is 16.3. The molecule has 1 aliphatic carbocycles. The Morgan fingerprint density at radius 2 is 1.55 bits per heavy atom. The summed E-state index contributed by atoms with van der Waals surface area (Å²) in [6.45, 7) is -0.0953. The maximum Gasteiger partial charge on any atom is 0.228 e. The zero-order chi connectivity index (χ0) is 15.4. The first kappa shape index (κ1) is 14.8. The molecule has 3 heteroatoms. The van der Waals surface area contributed by atoms with E-state index >= 15 is 0 Å². The summed E-state index contributed by atoms with van der Waals surface area (Å²) in [5, 5.41) is 12.6. The van der Waals surface area contributed by atoms with E-state index in [2.05, 4.69) is 5.32 Å². The third kappa shape index (κ3) is 3.37. The molecule has 0 heterocycles. The normalized spacial score (nSPS) is 16.8. The Hall–Kier alpha value is -2.13. The molecule has 1 fully saturated rings. The second-order valence-electron chi connectivity index (χ2n) is 5.88. The first-order chi connectivity index (χ1) is 10.8. The van der Waals surface area contributed by atoms with Crippen molar-refractivity contribution in [3.63, 3.8) is 0 Å². The highest BCUT2D eigenvalue weighted by Gasteiger charge is 2.37. The Bertz CT molecular complexity index is 608. The molecule has 114 valence electrons. The summed E-state index contributed by atoms with van der Waals surface area (Å²) in [6.07, 6.45) is 2.20. The zero-order valence-electron chi connectivity index (χ0n) is 12.5. The lowest BCUT2D eigenvalue weighted by atomic mass is 9.92. The second kappa shape index (κ2) is 6.75. The predicted octanol–water partition coefficient (Wildman–Crippen LogP) is 3.03. The van der Waals surface area contributed by atoms with Gasteiger partial charge in [-0.15, -0.1) is 0 Å². The van der Waals surface area contributed by atoms with Gasteiger partial charge in [0.15, 0.2) is 0 Å². The molecular formula is C19H21NO2. The second-order valence-corrected chi connectivity index (χ2v) is 5.88. The van der Waals surface area contributed by atoms with Crippen LogP contribution in [-0.2, 0) is 4.79 Å². The van der Waals surface area contributed by atoms with Crippen LogP contribution < -0.4 is 5.32 Å². The van der Waals surface area contributed by atoms with Crippen molar-refractivity contribution in [2.24, 2.45) is 5.92 Å². The lowest BCUT2D eigenvalue weighted by molar-refractivity contribution is -0.124. The molecule has 0 aliphatic heterocycles. The molecule has 3 nitrogen and oxygen atoms in total. The average molecular weight is 295 g/mol. The Labute approximate surface area is 131 Å². The molecule has 1 unspecified atom stereocenters. The molecule has 0 aromatic heterocycles. The molecule has 2 aromatic rings. The minimum Gasteiger partial charge on any atom is -0.394 e. The van der Waals surface area contributed by atoms with Gasteiger partial charge in [-0.1, -0.05) is 60.7 Å². The molecule has 2 atom stereocenters. The van der Waals surface area contributed by atoms with E-state index < -0.39 is 0 Å². The molecule has 2 aromatic carbocycles. The standard InChI is InChI=1S/C19H21NO2/c21-13-17(14-7-3-1-4-8-14)20-19(22)18(16-11-12-16)15-9-5-2-6-10-15/h1-10,16-18,21H,11-13H2,(H,20,22)/t17-,18?/m1/s1. The Morgan fingerprint density at radius 3 is 2.05 bits per heavy atom. The molecule has 0 spiro atoms. The maximum atomic E-state index is 12.7. The molecule has 1 amide bonds. The molecule has 3 rings (SSSR count).